The number of carbonyl (C=O) groups excluding carboxylic acids is 1. The molecule has 0 unspecified atom stereocenters. The first-order valence-electron chi connectivity index (χ1n) is 4.45. The fourth-order valence-electron chi connectivity index (χ4n) is 1.16. The van der Waals surface area contributed by atoms with Crippen molar-refractivity contribution in [1.82, 2.24) is 5.32 Å². The van der Waals surface area contributed by atoms with Gasteiger partial charge in [-0.25, -0.2) is 4.79 Å². The highest BCUT2D eigenvalue weighted by molar-refractivity contribution is 6.01. The molecule has 0 bridgehead atoms. The second kappa shape index (κ2) is 4.79. The minimum absolute atomic E-state index is 0.208. The number of carbonyl (C=O) groups is 1. The summed E-state index contributed by atoms with van der Waals surface area (Å²) in [5, 5.41) is 20.8. The van der Waals surface area contributed by atoms with Gasteiger partial charge in [0.25, 0.3) is 0 Å². The van der Waals surface area contributed by atoms with Crippen molar-refractivity contribution in [2.75, 3.05) is 5.32 Å². The number of urea groups is 1. The Bertz CT molecular complexity index is 475. The Morgan fingerprint density at radius 3 is 2.75 bits per heavy atom. The molecule has 0 spiro atoms. The maximum Gasteiger partial charge on any atom is 0.318 e. The van der Waals surface area contributed by atoms with Crippen molar-refractivity contribution in [2.24, 2.45) is 5.73 Å². The van der Waals surface area contributed by atoms with Crippen LogP contribution in [0.2, 0.25) is 0 Å². The fourth-order valence-corrected chi connectivity index (χ4v) is 1.16. The Morgan fingerprint density at radius 1 is 1.56 bits per heavy atom. The second-order valence-corrected chi connectivity index (χ2v) is 3.13. The van der Waals surface area contributed by atoms with E-state index in [0.717, 1.165) is 5.56 Å². The second-order valence-electron chi connectivity index (χ2n) is 3.13. The monoisotopic (exact) mass is 217 g/mol. The van der Waals surface area contributed by atoms with Crippen molar-refractivity contribution >= 4 is 17.7 Å². The summed E-state index contributed by atoms with van der Waals surface area (Å²) in [4.78, 5) is 10.5. The summed E-state index contributed by atoms with van der Waals surface area (Å²) in [6.07, 6.45) is 0. The quantitative estimate of drug-likeness (QED) is 0.413. The highest BCUT2D eigenvalue weighted by atomic mass is 16.2. The number of amides is 2. The van der Waals surface area contributed by atoms with Crippen molar-refractivity contribution in [1.29, 1.82) is 10.7 Å². The molecule has 5 N–H and O–H groups in total. The summed E-state index contributed by atoms with van der Waals surface area (Å²) in [6.45, 7) is 1.79. The van der Waals surface area contributed by atoms with Crippen LogP contribution in [-0.4, -0.2) is 12.0 Å². The van der Waals surface area contributed by atoms with Gasteiger partial charge in [0.2, 0.25) is 5.96 Å². The molecule has 1 aromatic rings. The molecule has 0 saturated heterocycles. The minimum atomic E-state index is -0.802. The zero-order valence-corrected chi connectivity index (χ0v) is 8.66. The summed E-state index contributed by atoms with van der Waals surface area (Å²) < 4.78 is 0. The first-order chi connectivity index (χ1) is 7.52. The predicted molar refractivity (Wildman–Crippen MR) is 60.0 cm³/mol. The molecule has 0 aliphatic carbocycles. The van der Waals surface area contributed by atoms with E-state index in [2.05, 4.69) is 10.6 Å². The van der Waals surface area contributed by atoms with Gasteiger partial charge in [0.15, 0.2) is 0 Å². The van der Waals surface area contributed by atoms with Crippen LogP contribution in [0, 0.1) is 23.7 Å². The Morgan fingerprint density at radius 2 is 2.25 bits per heavy atom. The van der Waals surface area contributed by atoms with E-state index in [1.165, 1.54) is 0 Å². The van der Waals surface area contributed by atoms with Gasteiger partial charge >= 0.3 is 6.03 Å². The van der Waals surface area contributed by atoms with E-state index >= 15 is 0 Å². The van der Waals surface area contributed by atoms with Crippen LogP contribution in [0.5, 0.6) is 0 Å². The van der Waals surface area contributed by atoms with E-state index in [4.69, 9.17) is 16.4 Å². The predicted octanol–water partition coefficient (Wildman–Crippen LogP) is 0.882. The van der Waals surface area contributed by atoms with Gasteiger partial charge in [-0.15, -0.1) is 0 Å². The lowest BCUT2D eigenvalue weighted by Crippen LogP contribution is -2.38. The van der Waals surface area contributed by atoms with Crippen molar-refractivity contribution in [3.05, 3.63) is 29.3 Å². The van der Waals surface area contributed by atoms with Crippen LogP contribution in [0.25, 0.3) is 0 Å². The van der Waals surface area contributed by atoms with Crippen molar-refractivity contribution in [2.45, 2.75) is 6.92 Å². The number of primary amides is 1. The number of nitrogens with two attached hydrogens (primary N) is 1. The van der Waals surface area contributed by atoms with Gasteiger partial charge in [0.05, 0.1) is 11.6 Å². The van der Waals surface area contributed by atoms with E-state index in [1.807, 2.05) is 6.07 Å². The number of hydrogen-bond acceptors (Lipinski definition) is 3. The van der Waals surface area contributed by atoms with Gasteiger partial charge in [-0.2, -0.15) is 5.26 Å². The molecule has 0 fully saturated rings. The van der Waals surface area contributed by atoms with Gasteiger partial charge in [0, 0.05) is 5.69 Å². The highest BCUT2D eigenvalue weighted by Crippen LogP contribution is 2.15. The number of nitrogens with one attached hydrogen (secondary N) is 3. The van der Waals surface area contributed by atoms with E-state index in [-0.39, 0.29) is 5.96 Å². The van der Waals surface area contributed by atoms with Crippen LogP contribution in [0.15, 0.2) is 18.2 Å². The van der Waals surface area contributed by atoms with Crippen molar-refractivity contribution in [3.8, 4) is 6.07 Å². The van der Waals surface area contributed by atoms with Gasteiger partial charge in [-0.1, -0.05) is 0 Å². The molecule has 0 saturated carbocycles. The number of nitrogens with zero attached hydrogens (tertiary/aromatic N) is 1. The number of guanidine groups is 1. The average Bonchev–Trinajstić information content (AvgIpc) is 2.19. The van der Waals surface area contributed by atoms with Crippen LogP contribution >= 0.6 is 0 Å². The highest BCUT2D eigenvalue weighted by Gasteiger charge is 2.03. The smallest absolute Gasteiger partial charge is 0.318 e. The molecule has 6 nitrogen and oxygen atoms in total. The summed E-state index contributed by atoms with van der Waals surface area (Å²) in [5.74, 6) is -0.208. The van der Waals surface area contributed by atoms with Gasteiger partial charge < -0.3 is 11.1 Å². The lowest BCUT2D eigenvalue weighted by molar-refractivity contribution is 0.253. The normalized spacial score (nSPS) is 9.00. The zero-order chi connectivity index (χ0) is 12.1. The van der Waals surface area contributed by atoms with Crippen molar-refractivity contribution in [3.63, 3.8) is 0 Å². The number of anilines is 1. The summed E-state index contributed by atoms with van der Waals surface area (Å²) in [7, 11) is 0. The molecule has 0 aliphatic rings. The first-order valence-corrected chi connectivity index (χ1v) is 4.45. The number of aryl methyl sites for hydroxylation is 1. The first kappa shape index (κ1) is 11.5. The summed E-state index contributed by atoms with van der Waals surface area (Å²) >= 11 is 0. The van der Waals surface area contributed by atoms with E-state index < -0.39 is 6.03 Å². The zero-order valence-electron chi connectivity index (χ0n) is 8.66. The maximum atomic E-state index is 10.5. The number of nitriles is 1. The molecular weight excluding hydrogens is 206 g/mol. The Kier molecular flexibility index (Phi) is 3.45. The van der Waals surface area contributed by atoms with Crippen LogP contribution in [0.3, 0.4) is 0 Å². The van der Waals surface area contributed by atoms with Gasteiger partial charge in [-0.05, 0) is 30.7 Å². The minimum Gasteiger partial charge on any atom is -0.351 e. The molecule has 82 valence electrons. The third-order valence-corrected chi connectivity index (χ3v) is 1.86. The Balaban J connectivity index is 2.79. The lowest BCUT2D eigenvalue weighted by Gasteiger charge is -2.10. The molecule has 16 heavy (non-hydrogen) atoms. The molecule has 6 heteroatoms. The third-order valence-electron chi connectivity index (χ3n) is 1.86. The van der Waals surface area contributed by atoms with Crippen molar-refractivity contribution < 1.29 is 4.79 Å². The van der Waals surface area contributed by atoms with E-state index in [9.17, 15) is 4.79 Å². The molecule has 0 atom stereocenters. The molecule has 2 amide bonds. The molecule has 0 heterocycles. The van der Waals surface area contributed by atoms with Crippen LogP contribution in [-0.2, 0) is 0 Å². The number of hydrogen-bond donors (Lipinski definition) is 4. The lowest BCUT2D eigenvalue weighted by atomic mass is 10.1. The van der Waals surface area contributed by atoms with Crippen LogP contribution < -0.4 is 16.4 Å². The van der Waals surface area contributed by atoms with E-state index in [1.54, 1.807) is 25.1 Å². The average molecular weight is 217 g/mol. The van der Waals surface area contributed by atoms with Crippen LogP contribution in [0.1, 0.15) is 11.1 Å². The Hall–Kier alpha value is -2.55. The largest absolute Gasteiger partial charge is 0.351 e. The van der Waals surface area contributed by atoms with Crippen LogP contribution in [0.4, 0.5) is 10.5 Å². The maximum absolute atomic E-state index is 10.5. The summed E-state index contributed by atoms with van der Waals surface area (Å²) in [6, 6.07) is 6.16. The third kappa shape index (κ3) is 2.99. The number of benzene rings is 1. The molecule has 0 aromatic heterocycles. The van der Waals surface area contributed by atoms with E-state index in [0.29, 0.717) is 11.3 Å². The number of rotatable bonds is 1. The molecule has 0 aliphatic heterocycles. The molecule has 1 aromatic carbocycles. The topological polar surface area (TPSA) is 115 Å². The van der Waals surface area contributed by atoms with Gasteiger partial charge in [-0.3, -0.25) is 10.7 Å². The summed E-state index contributed by atoms with van der Waals surface area (Å²) in [5.41, 5.74) is 6.83. The fraction of sp³-hybridized carbons (Fsp3) is 0.100. The molecule has 1 rings (SSSR count). The SMILES string of the molecule is Cc1cc(C#N)ccc1NC(=N)NC(N)=O. The molecule has 0 radical (unpaired) electrons. The van der Waals surface area contributed by atoms with Gasteiger partial charge in [0.1, 0.15) is 0 Å². The Labute approximate surface area is 92.6 Å². The molecular formula is C10H11N5O. The standard InChI is InChI=1S/C10H11N5O/c1-6-4-7(5-11)2-3-8(6)14-9(12)15-10(13)16/h2-4H,1H3,(H5,12,13,14,15,16).